The summed E-state index contributed by atoms with van der Waals surface area (Å²) in [4.78, 5) is 12.1. The lowest BCUT2D eigenvalue weighted by atomic mass is 9.93. The van der Waals surface area contributed by atoms with Crippen LogP contribution in [-0.4, -0.2) is 11.9 Å². The SMILES string of the molecule is C[C@@H](NC(=O)c1ccc(N)c(F)c1)C1CCCCCC1. The largest absolute Gasteiger partial charge is 0.396 e. The molecule has 0 saturated heterocycles. The number of halogens is 1. The molecule has 3 nitrogen and oxygen atoms in total. The highest BCUT2D eigenvalue weighted by Gasteiger charge is 2.21. The van der Waals surface area contributed by atoms with E-state index in [-0.39, 0.29) is 17.6 Å². The molecule has 1 fully saturated rings. The summed E-state index contributed by atoms with van der Waals surface area (Å²) in [5.74, 6) is -0.236. The first-order valence-electron chi connectivity index (χ1n) is 7.44. The number of nitrogens with two attached hydrogens (primary N) is 1. The number of nitrogens with one attached hydrogen (secondary N) is 1. The minimum atomic E-state index is -0.542. The molecule has 0 spiro atoms. The summed E-state index contributed by atoms with van der Waals surface area (Å²) < 4.78 is 13.4. The number of amides is 1. The maximum atomic E-state index is 13.4. The molecule has 0 heterocycles. The van der Waals surface area contributed by atoms with Crippen molar-refractivity contribution < 1.29 is 9.18 Å². The van der Waals surface area contributed by atoms with Crippen LogP contribution in [0.2, 0.25) is 0 Å². The van der Waals surface area contributed by atoms with Crippen LogP contribution in [0.15, 0.2) is 18.2 Å². The van der Waals surface area contributed by atoms with E-state index in [1.54, 1.807) is 6.07 Å². The lowest BCUT2D eigenvalue weighted by Gasteiger charge is -2.23. The number of hydrogen-bond acceptors (Lipinski definition) is 2. The van der Waals surface area contributed by atoms with E-state index < -0.39 is 5.82 Å². The molecule has 0 bridgehead atoms. The molecule has 4 heteroatoms. The third-order valence-electron chi connectivity index (χ3n) is 4.23. The van der Waals surface area contributed by atoms with Crippen molar-refractivity contribution in [3.63, 3.8) is 0 Å². The van der Waals surface area contributed by atoms with Gasteiger partial charge in [0.2, 0.25) is 0 Å². The molecule has 1 aliphatic rings. The molecule has 1 aliphatic carbocycles. The predicted octanol–water partition coefficient (Wildman–Crippen LogP) is 3.50. The van der Waals surface area contributed by atoms with Gasteiger partial charge in [-0.1, -0.05) is 25.7 Å². The molecule has 3 N–H and O–H groups in total. The van der Waals surface area contributed by atoms with Gasteiger partial charge in [-0.2, -0.15) is 0 Å². The van der Waals surface area contributed by atoms with Crippen LogP contribution in [0.25, 0.3) is 0 Å². The third-order valence-corrected chi connectivity index (χ3v) is 4.23. The van der Waals surface area contributed by atoms with Gasteiger partial charge in [0, 0.05) is 11.6 Å². The fourth-order valence-corrected chi connectivity index (χ4v) is 2.89. The molecule has 0 radical (unpaired) electrons. The van der Waals surface area contributed by atoms with Crippen molar-refractivity contribution >= 4 is 11.6 Å². The molecule has 1 saturated carbocycles. The summed E-state index contributed by atoms with van der Waals surface area (Å²) in [5.41, 5.74) is 5.82. The van der Waals surface area contributed by atoms with Gasteiger partial charge >= 0.3 is 0 Å². The Morgan fingerprint density at radius 2 is 1.95 bits per heavy atom. The number of benzene rings is 1. The third kappa shape index (κ3) is 3.71. The highest BCUT2D eigenvalue weighted by molar-refractivity contribution is 5.94. The van der Waals surface area contributed by atoms with Crippen molar-refractivity contribution in [1.82, 2.24) is 5.32 Å². The molecule has 1 amide bonds. The number of carbonyl (C=O) groups is 1. The van der Waals surface area contributed by atoms with Crippen LogP contribution >= 0.6 is 0 Å². The van der Waals surface area contributed by atoms with Gasteiger partial charge in [-0.25, -0.2) is 4.39 Å². The van der Waals surface area contributed by atoms with Crippen LogP contribution < -0.4 is 11.1 Å². The van der Waals surface area contributed by atoms with Crippen LogP contribution in [0.5, 0.6) is 0 Å². The van der Waals surface area contributed by atoms with Gasteiger partial charge < -0.3 is 11.1 Å². The normalized spacial score (nSPS) is 18.3. The Labute approximate surface area is 119 Å². The Hall–Kier alpha value is -1.58. The summed E-state index contributed by atoms with van der Waals surface area (Å²) >= 11 is 0. The number of hydrogen-bond donors (Lipinski definition) is 2. The van der Waals surface area contributed by atoms with Gasteiger partial charge in [-0.15, -0.1) is 0 Å². The second kappa shape index (κ2) is 6.73. The molecule has 0 aliphatic heterocycles. The number of anilines is 1. The average molecular weight is 278 g/mol. The van der Waals surface area contributed by atoms with E-state index in [2.05, 4.69) is 5.32 Å². The fourth-order valence-electron chi connectivity index (χ4n) is 2.89. The monoisotopic (exact) mass is 278 g/mol. The van der Waals surface area contributed by atoms with Gasteiger partial charge in [0.05, 0.1) is 5.69 Å². The average Bonchev–Trinajstić information content (AvgIpc) is 2.70. The molecule has 1 atom stereocenters. The van der Waals surface area contributed by atoms with Crippen molar-refractivity contribution in [3.8, 4) is 0 Å². The maximum Gasteiger partial charge on any atom is 0.251 e. The van der Waals surface area contributed by atoms with Crippen LogP contribution in [-0.2, 0) is 0 Å². The van der Waals surface area contributed by atoms with E-state index >= 15 is 0 Å². The summed E-state index contributed by atoms with van der Waals surface area (Å²) in [5, 5.41) is 2.99. The smallest absolute Gasteiger partial charge is 0.251 e. The fraction of sp³-hybridized carbons (Fsp3) is 0.562. The summed E-state index contributed by atoms with van der Waals surface area (Å²) in [6.45, 7) is 2.04. The van der Waals surface area contributed by atoms with Crippen LogP contribution in [0, 0.1) is 11.7 Å². The van der Waals surface area contributed by atoms with Crippen LogP contribution in [0.1, 0.15) is 55.8 Å². The first kappa shape index (κ1) is 14.8. The quantitative estimate of drug-likeness (QED) is 0.657. The second-order valence-electron chi connectivity index (χ2n) is 5.75. The van der Waals surface area contributed by atoms with Crippen molar-refractivity contribution in [2.75, 3.05) is 5.73 Å². The topological polar surface area (TPSA) is 55.1 Å². The second-order valence-corrected chi connectivity index (χ2v) is 5.75. The minimum Gasteiger partial charge on any atom is -0.396 e. The van der Waals surface area contributed by atoms with E-state index in [1.165, 1.54) is 37.8 Å². The highest BCUT2D eigenvalue weighted by atomic mass is 19.1. The molecular weight excluding hydrogens is 255 g/mol. The lowest BCUT2D eigenvalue weighted by molar-refractivity contribution is 0.0923. The lowest BCUT2D eigenvalue weighted by Crippen LogP contribution is -2.38. The van der Waals surface area contributed by atoms with Crippen molar-refractivity contribution in [3.05, 3.63) is 29.6 Å². The highest BCUT2D eigenvalue weighted by Crippen LogP contribution is 2.25. The summed E-state index contributed by atoms with van der Waals surface area (Å²) in [6, 6.07) is 4.32. The molecule has 1 aromatic carbocycles. The van der Waals surface area contributed by atoms with Crippen LogP contribution in [0.4, 0.5) is 10.1 Å². The van der Waals surface area contributed by atoms with Gasteiger partial charge in [0.15, 0.2) is 0 Å². The standard InChI is InChI=1S/C16H23FN2O/c1-11(12-6-4-2-3-5-7-12)19-16(20)13-8-9-15(18)14(17)10-13/h8-12H,2-7,18H2,1H3,(H,19,20)/t11-/m1/s1. The number of nitrogen functional groups attached to an aromatic ring is 1. The first-order valence-corrected chi connectivity index (χ1v) is 7.44. The number of rotatable bonds is 3. The molecule has 2 rings (SSSR count). The summed E-state index contributed by atoms with van der Waals surface area (Å²) in [6.07, 6.45) is 7.39. The van der Waals surface area contributed by atoms with E-state index in [0.29, 0.717) is 11.5 Å². The minimum absolute atomic E-state index is 0.0679. The van der Waals surface area contributed by atoms with Crippen molar-refractivity contribution in [2.24, 2.45) is 5.92 Å². The molecule has 20 heavy (non-hydrogen) atoms. The van der Waals surface area contributed by atoms with Gasteiger partial charge in [-0.05, 0) is 43.9 Å². The van der Waals surface area contributed by atoms with E-state index in [0.717, 1.165) is 12.8 Å². The van der Waals surface area contributed by atoms with Crippen molar-refractivity contribution in [2.45, 2.75) is 51.5 Å². The Bertz CT molecular complexity index is 468. The molecule has 0 unspecified atom stereocenters. The Morgan fingerprint density at radius 3 is 2.55 bits per heavy atom. The molecule has 1 aromatic rings. The zero-order valence-electron chi connectivity index (χ0n) is 12.0. The molecule has 0 aromatic heterocycles. The molecular formula is C16H23FN2O. The van der Waals surface area contributed by atoms with E-state index in [1.807, 2.05) is 6.92 Å². The van der Waals surface area contributed by atoms with E-state index in [9.17, 15) is 9.18 Å². The van der Waals surface area contributed by atoms with Gasteiger partial charge in [0.1, 0.15) is 5.82 Å². The van der Waals surface area contributed by atoms with Crippen molar-refractivity contribution in [1.29, 1.82) is 0 Å². The maximum absolute atomic E-state index is 13.4. The van der Waals surface area contributed by atoms with Crippen LogP contribution in [0.3, 0.4) is 0 Å². The molecule has 110 valence electrons. The number of carbonyl (C=O) groups excluding carboxylic acids is 1. The van der Waals surface area contributed by atoms with Gasteiger partial charge in [0.25, 0.3) is 5.91 Å². The zero-order valence-corrected chi connectivity index (χ0v) is 12.0. The Morgan fingerprint density at radius 1 is 1.30 bits per heavy atom. The van der Waals surface area contributed by atoms with Gasteiger partial charge in [-0.3, -0.25) is 4.79 Å². The zero-order chi connectivity index (χ0) is 14.5. The predicted molar refractivity (Wildman–Crippen MR) is 78.9 cm³/mol. The first-order chi connectivity index (χ1) is 9.58. The Kier molecular flexibility index (Phi) is 4.99. The Balaban J connectivity index is 1.97. The summed E-state index contributed by atoms with van der Waals surface area (Å²) in [7, 11) is 0. The van der Waals surface area contributed by atoms with E-state index in [4.69, 9.17) is 5.73 Å².